The molecule has 8 heteroatoms. The first-order valence-corrected chi connectivity index (χ1v) is 10.2. The Morgan fingerprint density at radius 1 is 1.00 bits per heavy atom. The lowest BCUT2D eigenvalue weighted by Crippen LogP contribution is -2.20. The summed E-state index contributed by atoms with van der Waals surface area (Å²) in [5.41, 5.74) is 1.51. The van der Waals surface area contributed by atoms with E-state index in [9.17, 15) is 14.9 Å². The van der Waals surface area contributed by atoms with Crippen molar-refractivity contribution in [3.63, 3.8) is 0 Å². The third-order valence-electron chi connectivity index (χ3n) is 4.40. The summed E-state index contributed by atoms with van der Waals surface area (Å²) in [7, 11) is 1.55. The second-order valence-electron chi connectivity index (χ2n) is 6.74. The van der Waals surface area contributed by atoms with Gasteiger partial charge in [-0.05, 0) is 60.2 Å². The summed E-state index contributed by atoms with van der Waals surface area (Å²) in [5.74, 6) is 0.140. The predicted octanol–water partition coefficient (Wildman–Crippen LogP) is 4.91. The highest BCUT2D eigenvalue weighted by Crippen LogP contribution is 2.21. The van der Waals surface area contributed by atoms with Gasteiger partial charge < -0.3 is 20.1 Å². The van der Waals surface area contributed by atoms with Crippen LogP contribution in [0.1, 0.15) is 5.56 Å². The maximum atomic E-state index is 12.5. The fraction of sp³-hybridized carbons (Fsp3) is 0.0800. The Morgan fingerprint density at radius 3 is 2.45 bits per heavy atom. The van der Waals surface area contributed by atoms with Gasteiger partial charge in [0, 0.05) is 5.69 Å². The molecular formula is C25H20ClN3O4. The van der Waals surface area contributed by atoms with Crippen molar-refractivity contribution in [2.24, 2.45) is 0 Å². The van der Waals surface area contributed by atoms with Crippen LogP contribution in [-0.2, 0) is 9.59 Å². The number of methoxy groups -OCH3 is 1. The fourth-order valence-electron chi connectivity index (χ4n) is 2.78. The molecular weight excluding hydrogens is 442 g/mol. The highest BCUT2D eigenvalue weighted by atomic mass is 35.5. The van der Waals surface area contributed by atoms with E-state index in [-0.39, 0.29) is 18.1 Å². The fourth-order valence-corrected chi connectivity index (χ4v) is 2.96. The molecule has 0 aliphatic carbocycles. The van der Waals surface area contributed by atoms with Crippen LogP contribution in [0.4, 0.5) is 11.4 Å². The minimum absolute atomic E-state index is 0.0839. The van der Waals surface area contributed by atoms with Gasteiger partial charge in [0.1, 0.15) is 23.1 Å². The molecule has 0 spiro atoms. The SMILES string of the molecule is COc1ccc(NC(=O)/C(C#N)=C\c2cccc(OCC(=O)Nc3ccccc3Cl)c2)cc1. The van der Waals surface area contributed by atoms with E-state index < -0.39 is 5.91 Å². The molecule has 3 rings (SSSR count). The molecule has 0 aromatic heterocycles. The number of hydrogen-bond donors (Lipinski definition) is 2. The lowest BCUT2D eigenvalue weighted by atomic mass is 10.1. The first-order chi connectivity index (χ1) is 16.0. The normalized spacial score (nSPS) is 10.6. The third kappa shape index (κ3) is 6.86. The van der Waals surface area contributed by atoms with Crippen molar-refractivity contribution in [3.8, 4) is 17.6 Å². The molecule has 7 nitrogen and oxygen atoms in total. The van der Waals surface area contributed by atoms with E-state index in [2.05, 4.69) is 10.6 Å². The second-order valence-corrected chi connectivity index (χ2v) is 7.15. The average Bonchev–Trinajstić information content (AvgIpc) is 2.83. The number of hydrogen-bond acceptors (Lipinski definition) is 5. The van der Waals surface area contributed by atoms with Crippen molar-refractivity contribution in [1.82, 2.24) is 0 Å². The van der Waals surface area contributed by atoms with E-state index in [1.165, 1.54) is 6.08 Å². The highest BCUT2D eigenvalue weighted by Gasteiger charge is 2.11. The van der Waals surface area contributed by atoms with Crippen LogP contribution in [0.15, 0.2) is 78.4 Å². The van der Waals surface area contributed by atoms with E-state index in [1.807, 2.05) is 6.07 Å². The third-order valence-corrected chi connectivity index (χ3v) is 4.73. The Morgan fingerprint density at radius 2 is 1.76 bits per heavy atom. The number of ether oxygens (including phenoxy) is 2. The lowest BCUT2D eigenvalue weighted by Gasteiger charge is -2.09. The number of nitriles is 1. The number of nitrogens with one attached hydrogen (secondary N) is 2. The summed E-state index contributed by atoms with van der Waals surface area (Å²) in [6, 6.07) is 22.2. The number of halogens is 1. The molecule has 0 bridgehead atoms. The van der Waals surface area contributed by atoms with E-state index in [0.29, 0.717) is 33.5 Å². The van der Waals surface area contributed by atoms with Gasteiger partial charge in [0.05, 0.1) is 17.8 Å². The van der Waals surface area contributed by atoms with Crippen LogP contribution in [0.2, 0.25) is 5.02 Å². The zero-order valence-corrected chi connectivity index (χ0v) is 18.4. The molecule has 166 valence electrons. The molecule has 0 atom stereocenters. The number of para-hydroxylation sites is 1. The molecule has 0 heterocycles. The van der Waals surface area contributed by atoms with Crippen LogP contribution in [0.25, 0.3) is 6.08 Å². The molecule has 0 aliphatic rings. The van der Waals surface area contributed by atoms with E-state index >= 15 is 0 Å². The van der Waals surface area contributed by atoms with Crippen molar-refractivity contribution >= 4 is 40.9 Å². The van der Waals surface area contributed by atoms with E-state index in [0.717, 1.165) is 0 Å². The number of nitrogens with zero attached hydrogens (tertiary/aromatic N) is 1. The van der Waals surface area contributed by atoms with Crippen LogP contribution in [0.5, 0.6) is 11.5 Å². The standard InChI is InChI=1S/C25H20ClN3O4/c1-32-20-11-9-19(10-12-20)28-25(31)18(15-27)13-17-5-4-6-21(14-17)33-16-24(30)29-23-8-3-2-7-22(23)26/h2-14H,16H2,1H3,(H,28,31)(H,29,30)/b18-13-. The minimum atomic E-state index is -0.548. The zero-order chi connectivity index (χ0) is 23.6. The van der Waals surface area contributed by atoms with Gasteiger partial charge in [-0.3, -0.25) is 9.59 Å². The van der Waals surface area contributed by atoms with Gasteiger partial charge in [0.2, 0.25) is 0 Å². The Labute approximate surface area is 196 Å². The van der Waals surface area contributed by atoms with Gasteiger partial charge in [0.15, 0.2) is 6.61 Å². The predicted molar refractivity (Wildman–Crippen MR) is 127 cm³/mol. The Balaban J connectivity index is 1.63. The maximum Gasteiger partial charge on any atom is 0.266 e. The van der Waals surface area contributed by atoms with Gasteiger partial charge in [-0.25, -0.2) is 0 Å². The van der Waals surface area contributed by atoms with Crippen LogP contribution >= 0.6 is 11.6 Å². The summed E-state index contributed by atoms with van der Waals surface area (Å²) in [6.45, 7) is -0.235. The molecule has 0 saturated heterocycles. The van der Waals surface area contributed by atoms with Gasteiger partial charge in [-0.1, -0.05) is 35.9 Å². The molecule has 2 amide bonds. The quantitative estimate of drug-likeness (QED) is 0.366. The van der Waals surface area contributed by atoms with Crippen LogP contribution < -0.4 is 20.1 Å². The summed E-state index contributed by atoms with van der Waals surface area (Å²) in [6.07, 6.45) is 1.44. The van der Waals surface area contributed by atoms with Crippen LogP contribution in [-0.4, -0.2) is 25.5 Å². The molecule has 33 heavy (non-hydrogen) atoms. The number of benzene rings is 3. The maximum absolute atomic E-state index is 12.5. The van der Waals surface area contributed by atoms with Gasteiger partial charge in [-0.2, -0.15) is 5.26 Å². The highest BCUT2D eigenvalue weighted by molar-refractivity contribution is 6.33. The molecule has 2 N–H and O–H groups in total. The van der Waals surface area contributed by atoms with Crippen molar-refractivity contribution in [1.29, 1.82) is 5.26 Å². The van der Waals surface area contributed by atoms with E-state index in [4.69, 9.17) is 21.1 Å². The number of rotatable bonds is 8. The zero-order valence-electron chi connectivity index (χ0n) is 17.7. The minimum Gasteiger partial charge on any atom is -0.497 e. The molecule has 0 saturated carbocycles. The molecule has 0 unspecified atom stereocenters. The van der Waals surface area contributed by atoms with Crippen molar-refractivity contribution < 1.29 is 19.1 Å². The lowest BCUT2D eigenvalue weighted by molar-refractivity contribution is -0.118. The Bertz CT molecular complexity index is 1220. The van der Waals surface area contributed by atoms with Gasteiger partial charge in [0.25, 0.3) is 11.8 Å². The topological polar surface area (TPSA) is 100 Å². The first-order valence-electron chi connectivity index (χ1n) is 9.83. The summed E-state index contributed by atoms with van der Waals surface area (Å²) < 4.78 is 10.6. The molecule has 3 aromatic carbocycles. The summed E-state index contributed by atoms with van der Waals surface area (Å²) in [4.78, 5) is 24.6. The monoisotopic (exact) mass is 461 g/mol. The summed E-state index contributed by atoms with van der Waals surface area (Å²) in [5, 5.41) is 15.2. The number of carbonyl (C=O) groups is 2. The van der Waals surface area contributed by atoms with Crippen molar-refractivity contribution in [2.45, 2.75) is 0 Å². The molecule has 0 radical (unpaired) electrons. The van der Waals surface area contributed by atoms with Crippen molar-refractivity contribution in [3.05, 3.63) is 89.0 Å². The molecule has 0 fully saturated rings. The van der Waals surface area contributed by atoms with Gasteiger partial charge in [-0.15, -0.1) is 0 Å². The molecule has 3 aromatic rings. The van der Waals surface area contributed by atoms with E-state index in [1.54, 1.807) is 79.9 Å². The average molecular weight is 462 g/mol. The number of anilines is 2. The smallest absolute Gasteiger partial charge is 0.266 e. The van der Waals surface area contributed by atoms with Crippen LogP contribution in [0, 0.1) is 11.3 Å². The Kier molecular flexibility index (Phi) is 8.06. The van der Waals surface area contributed by atoms with Crippen LogP contribution in [0.3, 0.4) is 0 Å². The second kappa shape index (κ2) is 11.4. The van der Waals surface area contributed by atoms with Crippen molar-refractivity contribution in [2.75, 3.05) is 24.4 Å². The first kappa shape index (κ1) is 23.4. The largest absolute Gasteiger partial charge is 0.497 e. The summed E-state index contributed by atoms with van der Waals surface area (Å²) >= 11 is 6.03. The van der Waals surface area contributed by atoms with Gasteiger partial charge >= 0.3 is 0 Å². The number of carbonyl (C=O) groups excluding carboxylic acids is 2. The Hall–Kier alpha value is -4.28. The number of amides is 2. The molecule has 0 aliphatic heterocycles.